The number of esters is 1. The van der Waals surface area contributed by atoms with Gasteiger partial charge in [0.1, 0.15) is 23.8 Å². The Morgan fingerprint density at radius 2 is 1.83 bits per heavy atom. The monoisotopic (exact) mass is 752 g/mol. The Labute approximate surface area is 243 Å². The van der Waals surface area contributed by atoms with Crippen molar-refractivity contribution in [1.29, 1.82) is 0 Å². The number of methoxy groups -OCH3 is 1. The van der Waals surface area contributed by atoms with Crippen LogP contribution in [0.2, 0.25) is 10.0 Å². The molecule has 36 heavy (non-hydrogen) atoms. The second kappa shape index (κ2) is 11.4. The van der Waals surface area contributed by atoms with Crippen LogP contribution in [0, 0.1) is 7.14 Å². The summed E-state index contributed by atoms with van der Waals surface area (Å²) in [6.45, 7) is 0.129. The number of nitrogens with zero attached hydrogens (tertiary/aromatic N) is 1. The highest BCUT2D eigenvalue weighted by Gasteiger charge is 2.34. The summed E-state index contributed by atoms with van der Waals surface area (Å²) in [5.41, 5.74) is 1.62. The lowest BCUT2D eigenvalue weighted by atomic mass is 10.2. The molecule has 1 N–H and O–H groups in total. The standard InChI is InChI=1S/C24H16Cl2I2N2O6/c1-34-23(32)20-5-4-15(36-20)10-30-22(31)19(29-24(30)33)8-12-6-17(27)21(18(28)7-12)35-11-13-2-3-14(25)9-16(13)26/h2-9H,10-11H2,1H3,(H,29,33)/b19-8-. The minimum atomic E-state index is -0.646. The van der Waals surface area contributed by atoms with Crippen LogP contribution in [0.25, 0.3) is 6.08 Å². The molecular formula is C24H16Cl2I2N2O6. The Bertz CT molecular complexity index is 1380. The van der Waals surface area contributed by atoms with Crippen molar-refractivity contribution in [3.8, 4) is 5.75 Å². The Kier molecular flexibility index (Phi) is 8.48. The SMILES string of the molecule is COC(=O)c1ccc(CN2C(=O)N/C(=C\c3cc(I)c(OCc4ccc(Cl)cc4Cl)c(I)c3)C2=O)o1. The molecule has 0 aliphatic carbocycles. The Balaban J connectivity index is 1.48. The lowest BCUT2D eigenvalue weighted by Crippen LogP contribution is -2.30. The van der Waals surface area contributed by atoms with Gasteiger partial charge in [0.25, 0.3) is 5.91 Å². The molecule has 3 amide bonds. The summed E-state index contributed by atoms with van der Waals surface area (Å²) in [4.78, 5) is 37.8. The number of hydrogen-bond acceptors (Lipinski definition) is 6. The predicted molar refractivity (Wildman–Crippen MR) is 150 cm³/mol. The van der Waals surface area contributed by atoms with E-state index in [0.717, 1.165) is 17.6 Å². The van der Waals surface area contributed by atoms with Gasteiger partial charge in [0, 0.05) is 15.6 Å². The number of ether oxygens (including phenoxy) is 2. The van der Waals surface area contributed by atoms with Crippen molar-refractivity contribution in [1.82, 2.24) is 10.2 Å². The molecule has 0 spiro atoms. The van der Waals surface area contributed by atoms with Crippen LogP contribution in [-0.2, 0) is 22.7 Å². The molecule has 2 aromatic carbocycles. The predicted octanol–water partition coefficient (Wildman–Crippen LogP) is 6.25. The largest absolute Gasteiger partial charge is 0.487 e. The smallest absolute Gasteiger partial charge is 0.373 e. The number of halogens is 4. The number of urea groups is 1. The van der Waals surface area contributed by atoms with Crippen LogP contribution in [0.3, 0.4) is 0 Å². The third-order valence-electron chi connectivity index (χ3n) is 5.04. The zero-order valence-corrected chi connectivity index (χ0v) is 24.3. The number of carbonyl (C=O) groups is 3. The molecule has 0 unspecified atom stereocenters. The van der Waals surface area contributed by atoms with Crippen molar-refractivity contribution >= 4 is 92.4 Å². The minimum Gasteiger partial charge on any atom is -0.487 e. The van der Waals surface area contributed by atoms with Crippen LogP contribution in [-0.4, -0.2) is 29.9 Å². The van der Waals surface area contributed by atoms with Crippen LogP contribution < -0.4 is 10.1 Å². The maximum absolute atomic E-state index is 12.9. The fraction of sp³-hybridized carbons (Fsp3) is 0.125. The summed E-state index contributed by atoms with van der Waals surface area (Å²) in [5, 5.41) is 3.64. The van der Waals surface area contributed by atoms with Gasteiger partial charge in [0.05, 0.1) is 20.8 Å². The molecule has 186 valence electrons. The fourth-order valence-corrected chi connectivity index (χ4v) is 5.89. The Morgan fingerprint density at radius 3 is 2.50 bits per heavy atom. The molecule has 0 radical (unpaired) electrons. The fourth-order valence-electron chi connectivity index (χ4n) is 3.30. The topological polar surface area (TPSA) is 98.1 Å². The molecule has 0 saturated carbocycles. The van der Waals surface area contributed by atoms with Gasteiger partial charge >= 0.3 is 12.0 Å². The number of nitrogens with one attached hydrogen (secondary N) is 1. The maximum atomic E-state index is 12.9. The van der Waals surface area contributed by atoms with E-state index in [1.54, 1.807) is 18.2 Å². The van der Waals surface area contributed by atoms with Gasteiger partial charge in [-0.05, 0) is 93.2 Å². The van der Waals surface area contributed by atoms with Crippen molar-refractivity contribution in [3.63, 3.8) is 0 Å². The van der Waals surface area contributed by atoms with Gasteiger partial charge in [-0.25, -0.2) is 9.59 Å². The van der Waals surface area contributed by atoms with Gasteiger partial charge in [-0.1, -0.05) is 29.3 Å². The average molecular weight is 753 g/mol. The minimum absolute atomic E-state index is 0.0138. The average Bonchev–Trinajstić information content (AvgIpc) is 3.39. The highest BCUT2D eigenvalue weighted by molar-refractivity contribution is 14.1. The van der Waals surface area contributed by atoms with Crippen molar-refractivity contribution in [2.24, 2.45) is 0 Å². The molecule has 1 fully saturated rings. The molecule has 1 aliphatic heterocycles. The summed E-state index contributed by atoms with van der Waals surface area (Å²) in [5.74, 6) is -0.232. The first-order chi connectivity index (χ1) is 17.2. The number of amides is 3. The first-order valence-corrected chi connectivity index (χ1v) is 13.1. The summed E-state index contributed by atoms with van der Waals surface area (Å²) >= 11 is 16.5. The highest BCUT2D eigenvalue weighted by Crippen LogP contribution is 2.32. The molecule has 1 aliphatic rings. The van der Waals surface area contributed by atoms with Crippen molar-refractivity contribution in [2.75, 3.05) is 7.11 Å². The van der Waals surface area contributed by atoms with E-state index in [-0.39, 0.29) is 30.4 Å². The first-order valence-electron chi connectivity index (χ1n) is 10.2. The van der Waals surface area contributed by atoms with Gasteiger partial charge in [0.2, 0.25) is 5.76 Å². The van der Waals surface area contributed by atoms with E-state index in [4.69, 9.17) is 32.4 Å². The van der Waals surface area contributed by atoms with E-state index in [0.29, 0.717) is 21.4 Å². The van der Waals surface area contributed by atoms with E-state index in [1.165, 1.54) is 19.2 Å². The van der Waals surface area contributed by atoms with Crippen LogP contribution >= 0.6 is 68.4 Å². The number of benzene rings is 2. The van der Waals surface area contributed by atoms with Crippen molar-refractivity contribution < 1.29 is 28.3 Å². The summed E-state index contributed by atoms with van der Waals surface area (Å²) in [6.07, 6.45) is 1.59. The van der Waals surface area contributed by atoms with Crippen LogP contribution in [0.4, 0.5) is 4.79 Å². The lowest BCUT2D eigenvalue weighted by molar-refractivity contribution is -0.123. The van der Waals surface area contributed by atoms with Gasteiger partial charge in [-0.3, -0.25) is 9.69 Å². The van der Waals surface area contributed by atoms with Gasteiger partial charge < -0.3 is 19.2 Å². The molecule has 4 rings (SSSR count). The third kappa shape index (κ3) is 5.98. The molecule has 3 aromatic rings. The lowest BCUT2D eigenvalue weighted by Gasteiger charge is -2.13. The summed E-state index contributed by atoms with van der Waals surface area (Å²) in [7, 11) is 1.23. The molecule has 8 nitrogen and oxygen atoms in total. The van der Waals surface area contributed by atoms with E-state index in [1.807, 2.05) is 18.2 Å². The Morgan fingerprint density at radius 1 is 1.11 bits per heavy atom. The highest BCUT2D eigenvalue weighted by atomic mass is 127. The van der Waals surface area contributed by atoms with Crippen LogP contribution in [0.5, 0.6) is 5.75 Å². The number of imide groups is 1. The van der Waals surface area contributed by atoms with Gasteiger partial charge in [0.15, 0.2) is 0 Å². The molecule has 0 atom stereocenters. The van der Waals surface area contributed by atoms with Crippen molar-refractivity contribution in [3.05, 3.63) is 88.0 Å². The maximum Gasteiger partial charge on any atom is 0.373 e. The second-order valence-corrected chi connectivity index (χ2v) is 10.6. The molecular weight excluding hydrogens is 737 g/mol. The Hall–Kier alpha value is -2.29. The first kappa shape index (κ1) is 26.8. The van der Waals surface area contributed by atoms with E-state index < -0.39 is 17.9 Å². The van der Waals surface area contributed by atoms with E-state index in [9.17, 15) is 14.4 Å². The number of carbonyl (C=O) groups excluding carboxylic acids is 3. The summed E-state index contributed by atoms with van der Waals surface area (Å²) < 4.78 is 17.6. The second-order valence-electron chi connectivity index (χ2n) is 7.48. The zero-order chi connectivity index (χ0) is 26.0. The number of furan rings is 1. The molecule has 0 bridgehead atoms. The van der Waals surface area contributed by atoms with Gasteiger partial charge in [-0.15, -0.1) is 0 Å². The van der Waals surface area contributed by atoms with Crippen molar-refractivity contribution in [2.45, 2.75) is 13.2 Å². The van der Waals surface area contributed by atoms with Crippen LogP contribution in [0.1, 0.15) is 27.4 Å². The normalized spacial score (nSPS) is 14.4. The molecule has 1 saturated heterocycles. The molecule has 1 aromatic heterocycles. The third-order valence-corrected chi connectivity index (χ3v) is 7.23. The molecule has 2 heterocycles. The quantitative estimate of drug-likeness (QED) is 0.133. The zero-order valence-electron chi connectivity index (χ0n) is 18.4. The summed E-state index contributed by atoms with van der Waals surface area (Å²) in [6, 6.07) is 11.2. The van der Waals surface area contributed by atoms with Gasteiger partial charge in [-0.2, -0.15) is 0 Å². The van der Waals surface area contributed by atoms with Crippen LogP contribution in [0.15, 0.2) is 52.6 Å². The molecule has 12 heteroatoms. The number of hydrogen-bond donors (Lipinski definition) is 1. The van der Waals surface area contributed by atoms with E-state index in [2.05, 4.69) is 55.2 Å². The number of rotatable bonds is 7. The van der Waals surface area contributed by atoms with E-state index >= 15 is 0 Å².